The van der Waals surface area contributed by atoms with E-state index in [0.29, 0.717) is 19.0 Å². The second-order valence-electron chi connectivity index (χ2n) is 6.49. The van der Waals surface area contributed by atoms with Gasteiger partial charge in [0.05, 0.1) is 24.3 Å². The molecule has 0 fully saturated rings. The predicted molar refractivity (Wildman–Crippen MR) is 107 cm³/mol. The molecule has 0 spiro atoms. The zero-order valence-electron chi connectivity index (χ0n) is 15.6. The normalized spacial score (nSPS) is 13.9. The molecule has 2 aromatic rings. The minimum absolute atomic E-state index is 0.519. The Morgan fingerprint density at radius 1 is 1.41 bits per heavy atom. The number of aryl methyl sites for hydroxylation is 3. The molecule has 144 valence electrons. The highest BCUT2D eigenvalue weighted by Gasteiger charge is 2.14. The SMILES string of the molecule is Cc1[nH]cnc1CSCCN=C(NC#N)NCCc1nc2c([nH]1)CCCC2. The molecule has 3 rings (SSSR count). The van der Waals surface area contributed by atoms with E-state index in [2.05, 4.69) is 35.6 Å². The van der Waals surface area contributed by atoms with Crippen molar-refractivity contribution >= 4 is 17.7 Å². The summed E-state index contributed by atoms with van der Waals surface area (Å²) >= 11 is 1.78. The molecule has 2 aromatic heterocycles. The van der Waals surface area contributed by atoms with Gasteiger partial charge in [-0.2, -0.15) is 17.0 Å². The molecule has 0 bridgehead atoms. The number of H-pyrrole nitrogens is 2. The molecule has 0 amide bonds. The van der Waals surface area contributed by atoms with E-state index in [1.165, 1.54) is 24.2 Å². The fourth-order valence-electron chi connectivity index (χ4n) is 3.05. The number of hydrogen-bond acceptors (Lipinski definition) is 5. The summed E-state index contributed by atoms with van der Waals surface area (Å²) in [6.45, 7) is 3.34. The van der Waals surface area contributed by atoms with Gasteiger partial charge >= 0.3 is 0 Å². The Labute approximate surface area is 163 Å². The van der Waals surface area contributed by atoms with Gasteiger partial charge in [-0.3, -0.25) is 10.3 Å². The summed E-state index contributed by atoms with van der Waals surface area (Å²) in [6.07, 6.45) is 9.11. The van der Waals surface area contributed by atoms with Crippen LogP contribution in [0.1, 0.15) is 41.4 Å². The number of hydrogen-bond donors (Lipinski definition) is 4. The molecule has 0 aliphatic heterocycles. The molecule has 4 N–H and O–H groups in total. The van der Waals surface area contributed by atoms with Crippen molar-refractivity contribution in [3.05, 3.63) is 34.9 Å². The van der Waals surface area contributed by atoms with Gasteiger partial charge in [0.1, 0.15) is 5.82 Å². The van der Waals surface area contributed by atoms with Gasteiger partial charge < -0.3 is 15.3 Å². The number of fused-ring (bicyclic) bond motifs is 1. The van der Waals surface area contributed by atoms with E-state index in [9.17, 15) is 0 Å². The van der Waals surface area contributed by atoms with Crippen molar-refractivity contribution in [3.8, 4) is 6.19 Å². The van der Waals surface area contributed by atoms with Gasteiger partial charge in [-0.1, -0.05) is 0 Å². The van der Waals surface area contributed by atoms with Crippen LogP contribution in [0.5, 0.6) is 0 Å². The molecule has 2 heterocycles. The van der Waals surface area contributed by atoms with Crippen molar-refractivity contribution < 1.29 is 0 Å². The molecule has 8 nitrogen and oxygen atoms in total. The van der Waals surface area contributed by atoms with Crippen molar-refractivity contribution in [2.45, 2.75) is 44.8 Å². The van der Waals surface area contributed by atoms with Crippen LogP contribution in [0.3, 0.4) is 0 Å². The first-order chi connectivity index (χ1) is 13.3. The number of nitrogens with zero attached hydrogens (tertiary/aromatic N) is 4. The number of aliphatic imine (C=N–C) groups is 1. The number of imidazole rings is 2. The summed E-state index contributed by atoms with van der Waals surface area (Å²) < 4.78 is 0. The molecular weight excluding hydrogens is 360 g/mol. The molecule has 0 atom stereocenters. The summed E-state index contributed by atoms with van der Waals surface area (Å²) in [5.41, 5.74) is 4.71. The van der Waals surface area contributed by atoms with Gasteiger partial charge in [-0.25, -0.2) is 9.97 Å². The maximum Gasteiger partial charge on any atom is 0.204 e. The summed E-state index contributed by atoms with van der Waals surface area (Å²) in [7, 11) is 0. The molecule has 0 unspecified atom stereocenters. The monoisotopic (exact) mass is 386 g/mol. The molecule has 1 aliphatic rings. The Kier molecular flexibility index (Phi) is 7.16. The summed E-state index contributed by atoms with van der Waals surface area (Å²) in [5.74, 6) is 3.26. The quantitative estimate of drug-likeness (QED) is 0.181. The Hall–Kier alpha value is -2.47. The third-order valence-corrected chi connectivity index (χ3v) is 5.46. The van der Waals surface area contributed by atoms with E-state index >= 15 is 0 Å². The van der Waals surface area contributed by atoms with Crippen LogP contribution in [0, 0.1) is 18.4 Å². The molecule has 0 saturated carbocycles. The van der Waals surface area contributed by atoms with Crippen LogP contribution >= 0.6 is 11.8 Å². The number of thioether (sulfide) groups is 1. The lowest BCUT2D eigenvalue weighted by Gasteiger charge is -2.07. The number of rotatable bonds is 8. The van der Waals surface area contributed by atoms with E-state index in [1.807, 2.05) is 13.1 Å². The van der Waals surface area contributed by atoms with Gasteiger partial charge in [0.25, 0.3) is 0 Å². The van der Waals surface area contributed by atoms with Crippen molar-refractivity contribution in [1.82, 2.24) is 30.6 Å². The first-order valence-electron chi connectivity index (χ1n) is 9.33. The van der Waals surface area contributed by atoms with Crippen molar-refractivity contribution in [2.24, 2.45) is 4.99 Å². The standard InChI is InChI=1S/C18H26N8S/c1-13-16(24-12-23-13)10-27-9-8-21-18(22-11-19)20-7-6-17-25-14-4-2-3-5-15(14)26-17/h12H,2-10H2,1H3,(H,23,24)(H,25,26)(H2,20,21,22). The Morgan fingerprint density at radius 2 is 2.30 bits per heavy atom. The fraction of sp³-hybridized carbons (Fsp3) is 0.556. The molecule has 0 radical (unpaired) electrons. The zero-order valence-corrected chi connectivity index (χ0v) is 16.5. The number of nitrogens with one attached hydrogen (secondary N) is 4. The fourth-order valence-corrected chi connectivity index (χ4v) is 3.90. The lowest BCUT2D eigenvalue weighted by Crippen LogP contribution is -2.36. The number of nitriles is 1. The van der Waals surface area contributed by atoms with E-state index in [4.69, 9.17) is 5.26 Å². The summed E-state index contributed by atoms with van der Waals surface area (Å²) in [6, 6.07) is 0. The van der Waals surface area contributed by atoms with Crippen LogP contribution in [0.4, 0.5) is 0 Å². The van der Waals surface area contributed by atoms with E-state index < -0.39 is 0 Å². The molecule has 0 saturated heterocycles. The molecule has 1 aliphatic carbocycles. The average Bonchev–Trinajstić information content (AvgIpc) is 3.27. The summed E-state index contributed by atoms with van der Waals surface area (Å²) in [4.78, 5) is 19.9. The highest BCUT2D eigenvalue weighted by molar-refractivity contribution is 7.98. The second-order valence-corrected chi connectivity index (χ2v) is 7.59. The maximum absolute atomic E-state index is 8.90. The highest BCUT2D eigenvalue weighted by Crippen LogP contribution is 2.18. The zero-order chi connectivity index (χ0) is 18.9. The van der Waals surface area contributed by atoms with Crippen LogP contribution in [-0.2, 0) is 25.0 Å². The molecule has 9 heteroatoms. The van der Waals surface area contributed by atoms with E-state index in [1.54, 1.807) is 18.1 Å². The van der Waals surface area contributed by atoms with E-state index in [0.717, 1.165) is 48.0 Å². The minimum atomic E-state index is 0.519. The Balaban J connectivity index is 1.39. The molecule has 0 aromatic carbocycles. The van der Waals surface area contributed by atoms with Gasteiger partial charge in [-0.05, 0) is 32.6 Å². The highest BCUT2D eigenvalue weighted by atomic mass is 32.2. The van der Waals surface area contributed by atoms with Gasteiger partial charge in [0.2, 0.25) is 5.96 Å². The van der Waals surface area contributed by atoms with Crippen LogP contribution in [-0.4, -0.2) is 44.7 Å². The van der Waals surface area contributed by atoms with Crippen molar-refractivity contribution in [1.29, 1.82) is 5.26 Å². The van der Waals surface area contributed by atoms with Crippen molar-refractivity contribution in [2.75, 3.05) is 18.8 Å². The van der Waals surface area contributed by atoms with Gasteiger partial charge in [-0.15, -0.1) is 0 Å². The lowest BCUT2D eigenvalue weighted by atomic mass is 10.0. The lowest BCUT2D eigenvalue weighted by molar-refractivity contribution is 0.667. The van der Waals surface area contributed by atoms with Crippen LogP contribution in [0.15, 0.2) is 11.3 Å². The van der Waals surface area contributed by atoms with Crippen LogP contribution in [0.25, 0.3) is 0 Å². The third kappa shape index (κ3) is 5.76. The van der Waals surface area contributed by atoms with E-state index in [-0.39, 0.29) is 0 Å². The Morgan fingerprint density at radius 3 is 3.07 bits per heavy atom. The third-order valence-electron chi connectivity index (χ3n) is 4.51. The topological polar surface area (TPSA) is 118 Å². The summed E-state index contributed by atoms with van der Waals surface area (Å²) in [5, 5.41) is 14.7. The predicted octanol–water partition coefficient (Wildman–Crippen LogP) is 1.81. The first kappa shape index (κ1) is 19.3. The average molecular weight is 387 g/mol. The largest absolute Gasteiger partial charge is 0.355 e. The maximum atomic E-state index is 8.90. The van der Waals surface area contributed by atoms with Gasteiger partial charge in [0, 0.05) is 35.9 Å². The number of aromatic nitrogens is 4. The minimum Gasteiger partial charge on any atom is -0.355 e. The van der Waals surface area contributed by atoms with Crippen molar-refractivity contribution in [3.63, 3.8) is 0 Å². The Bertz CT molecular complexity index is 777. The molecular formula is C18H26N8S. The second kappa shape index (κ2) is 10.0. The van der Waals surface area contributed by atoms with Gasteiger partial charge in [0.15, 0.2) is 6.19 Å². The first-order valence-corrected chi connectivity index (χ1v) is 10.5. The van der Waals surface area contributed by atoms with Crippen LogP contribution < -0.4 is 10.6 Å². The van der Waals surface area contributed by atoms with Crippen LogP contribution in [0.2, 0.25) is 0 Å². The molecule has 27 heavy (non-hydrogen) atoms. The number of aromatic amines is 2. The smallest absolute Gasteiger partial charge is 0.204 e. The number of guanidine groups is 1.